The molecule has 1 amide bonds. The third-order valence-electron chi connectivity index (χ3n) is 3.01. The lowest BCUT2D eigenvalue weighted by molar-refractivity contribution is 0.0932. The summed E-state index contributed by atoms with van der Waals surface area (Å²) in [6.45, 7) is 1.59. The van der Waals surface area contributed by atoms with Crippen LogP contribution in [0.25, 0.3) is 0 Å². The van der Waals surface area contributed by atoms with Gasteiger partial charge in [0, 0.05) is 41.8 Å². The maximum atomic E-state index is 11.8. The molecule has 0 spiro atoms. The number of aryl methyl sites for hydroxylation is 1. The Hall–Kier alpha value is -2.51. The summed E-state index contributed by atoms with van der Waals surface area (Å²) in [4.78, 5) is 19.6. The van der Waals surface area contributed by atoms with E-state index in [1.165, 1.54) is 18.6 Å². The minimum absolute atomic E-state index is 0.00668. The van der Waals surface area contributed by atoms with Gasteiger partial charge in [0.1, 0.15) is 5.75 Å². The van der Waals surface area contributed by atoms with E-state index in [1.54, 1.807) is 19.1 Å². The standard InChI is InChI=1S/C14H16N4O3/c1-9-13(20)12(11(8-19)6-16-9)7-17-18-14(21)10-2-4-15-5-3-10/h2-6,17,19-20H,7-8H2,1H3,(H,18,21). The van der Waals surface area contributed by atoms with E-state index in [1.807, 2.05) is 0 Å². The molecule has 0 bridgehead atoms. The Morgan fingerprint density at radius 1 is 1.33 bits per heavy atom. The van der Waals surface area contributed by atoms with E-state index >= 15 is 0 Å². The monoisotopic (exact) mass is 288 g/mol. The fourth-order valence-corrected chi connectivity index (χ4v) is 1.81. The van der Waals surface area contributed by atoms with Crippen LogP contribution in [-0.2, 0) is 13.2 Å². The number of carbonyl (C=O) groups is 1. The van der Waals surface area contributed by atoms with Gasteiger partial charge in [-0.1, -0.05) is 0 Å². The van der Waals surface area contributed by atoms with Gasteiger partial charge in [0.25, 0.3) is 5.91 Å². The predicted octanol–water partition coefficient (Wildman–Crippen LogP) is 0.418. The SMILES string of the molecule is Cc1ncc(CO)c(CNNC(=O)c2ccncc2)c1O. The normalized spacial score (nSPS) is 10.4. The van der Waals surface area contributed by atoms with Crippen LogP contribution in [-0.4, -0.2) is 26.1 Å². The summed E-state index contributed by atoms with van der Waals surface area (Å²) in [7, 11) is 0. The average Bonchev–Trinajstić information content (AvgIpc) is 2.52. The first-order valence-corrected chi connectivity index (χ1v) is 6.34. The fraction of sp³-hybridized carbons (Fsp3) is 0.214. The largest absolute Gasteiger partial charge is 0.506 e. The van der Waals surface area contributed by atoms with Crippen LogP contribution in [0.15, 0.2) is 30.7 Å². The molecule has 7 heteroatoms. The van der Waals surface area contributed by atoms with Gasteiger partial charge in [-0.3, -0.25) is 20.2 Å². The number of hydrogen-bond donors (Lipinski definition) is 4. The molecule has 0 radical (unpaired) electrons. The second-order valence-electron chi connectivity index (χ2n) is 4.40. The fourth-order valence-electron chi connectivity index (χ4n) is 1.81. The smallest absolute Gasteiger partial charge is 0.265 e. The van der Waals surface area contributed by atoms with Gasteiger partial charge in [-0.2, -0.15) is 0 Å². The molecule has 0 fully saturated rings. The average molecular weight is 288 g/mol. The summed E-state index contributed by atoms with van der Waals surface area (Å²) in [5.74, 6) is -0.305. The zero-order chi connectivity index (χ0) is 15.2. The van der Waals surface area contributed by atoms with E-state index < -0.39 is 0 Å². The Bertz CT molecular complexity index is 632. The zero-order valence-electron chi connectivity index (χ0n) is 11.5. The molecule has 110 valence electrons. The minimum Gasteiger partial charge on any atom is -0.506 e. The Kier molecular flexibility index (Phi) is 4.81. The summed E-state index contributed by atoms with van der Waals surface area (Å²) in [5, 5.41) is 19.2. The van der Waals surface area contributed by atoms with E-state index in [4.69, 9.17) is 0 Å². The molecule has 2 aromatic rings. The van der Waals surface area contributed by atoms with Crippen LogP contribution in [0.4, 0.5) is 0 Å². The number of rotatable bonds is 5. The van der Waals surface area contributed by atoms with Crippen LogP contribution in [0.2, 0.25) is 0 Å². The molecule has 0 aromatic carbocycles. The molecular weight excluding hydrogens is 272 g/mol. The molecule has 7 nitrogen and oxygen atoms in total. The van der Waals surface area contributed by atoms with E-state index in [0.29, 0.717) is 22.4 Å². The maximum absolute atomic E-state index is 11.8. The van der Waals surface area contributed by atoms with Gasteiger partial charge in [0.05, 0.1) is 12.3 Å². The first-order valence-electron chi connectivity index (χ1n) is 6.34. The van der Waals surface area contributed by atoms with Crippen molar-refractivity contribution in [1.29, 1.82) is 0 Å². The maximum Gasteiger partial charge on any atom is 0.265 e. The first kappa shape index (κ1) is 14.9. The van der Waals surface area contributed by atoms with Gasteiger partial charge in [0.2, 0.25) is 0 Å². The van der Waals surface area contributed by atoms with Crippen molar-refractivity contribution >= 4 is 5.91 Å². The Morgan fingerprint density at radius 2 is 2.05 bits per heavy atom. The molecule has 0 aliphatic heterocycles. The molecule has 2 heterocycles. The van der Waals surface area contributed by atoms with Gasteiger partial charge in [0.15, 0.2) is 0 Å². The first-order chi connectivity index (χ1) is 10.1. The summed E-state index contributed by atoms with van der Waals surface area (Å²) >= 11 is 0. The molecule has 2 aromatic heterocycles. The third kappa shape index (κ3) is 3.53. The number of aliphatic hydroxyl groups excluding tert-OH is 1. The number of amides is 1. The second-order valence-corrected chi connectivity index (χ2v) is 4.40. The van der Waals surface area contributed by atoms with Crippen LogP contribution in [0.1, 0.15) is 27.2 Å². The highest BCUT2D eigenvalue weighted by Gasteiger charge is 2.11. The lowest BCUT2D eigenvalue weighted by atomic mass is 10.1. The highest BCUT2D eigenvalue weighted by molar-refractivity contribution is 5.93. The number of hydrazine groups is 1. The molecular formula is C14H16N4O3. The quantitative estimate of drug-likeness (QED) is 0.594. The molecule has 21 heavy (non-hydrogen) atoms. The summed E-state index contributed by atoms with van der Waals surface area (Å²) in [6.07, 6.45) is 4.55. The number of aliphatic hydroxyl groups is 1. The Morgan fingerprint density at radius 3 is 2.71 bits per heavy atom. The van der Waals surface area contributed by atoms with Crippen LogP contribution < -0.4 is 10.9 Å². The van der Waals surface area contributed by atoms with E-state index in [2.05, 4.69) is 20.8 Å². The topological polar surface area (TPSA) is 107 Å². The molecule has 2 rings (SSSR count). The van der Waals surface area contributed by atoms with Gasteiger partial charge < -0.3 is 10.2 Å². The molecule has 0 saturated heterocycles. The van der Waals surface area contributed by atoms with Crippen LogP contribution in [0.3, 0.4) is 0 Å². The van der Waals surface area contributed by atoms with Crippen molar-refractivity contribution in [3.8, 4) is 5.75 Å². The molecule has 0 aliphatic carbocycles. The van der Waals surface area contributed by atoms with Gasteiger partial charge in [-0.15, -0.1) is 0 Å². The van der Waals surface area contributed by atoms with Crippen molar-refractivity contribution in [1.82, 2.24) is 20.8 Å². The van der Waals surface area contributed by atoms with E-state index in [0.717, 1.165) is 0 Å². The van der Waals surface area contributed by atoms with Crippen molar-refractivity contribution < 1.29 is 15.0 Å². The van der Waals surface area contributed by atoms with Crippen LogP contribution >= 0.6 is 0 Å². The van der Waals surface area contributed by atoms with Gasteiger partial charge in [-0.05, 0) is 19.1 Å². The Balaban J connectivity index is 2.01. The van der Waals surface area contributed by atoms with Crippen LogP contribution in [0, 0.1) is 6.92 Å². The number of hydrogen-bond acceptors (Lipinski definition) is 6. The lowest BCUT2D eigenvalue weighted by Gasteiger charge is -2.13. The number of aromatic hydroxyl groups is 1. The highest BCUT2D eigenvalue weighted by Crippen LogP contribution is 2.23. The minimum atomic E-state index is -0.312. The summed E-state index contributed by atoms with van der Waals surface area (Å²) < 4.78 is 0. The lowest BCUT2D eigenvalue weighted by Crippen LogP contribution is -2.37. The van der Waals surface area contributed by atoms with Crippen molar-refractivity contribution in [2.75, 3.05) is 0 Å². The molecule has 0 aliphatic rings. The number of pyridine rings is 2. The summed E-state index contributed by atoms with van der Waals surface area (Å²) in [5.41, 5.74) is 7.17. The number of nitrogens with zero attached hydrogens (tertiary/aromatic N) is 2. The molecule has 4 N–H and O–H groups in total. The van der Waals surface area contributed by atoms with Crippen LogP contribution in [0.5, 0.6) is 5.75 Å². The third-order valence-corrected chi connectivity index (χ3v) is 3.01. The number of carbonyl (C=O) groups excluding carboxylic acids is 1. The molecule has 0 unspecified atom stereocenters. The van der Waals surface area contributed by atoms with Crippen molar-refractivity contribution in [3.05, 3.63) is 53.1 Å². The molecule has 0 atom stereocenters. The molecule has 0 saturated carbocycles. The number of nitrogens with one attached hydrogen (secondary N) is 2. The van der Waals surface area contributed by atoms with Crippen molar-refractivity contribution in [3.63, 3.8) is 0 Å². The van der Waals surface area contributed by atoms with Crippen molar-refractivity contribution in [2.24, 2.45) is 0 Å². The second kappa shape index (κ2) is 6.78. The Labute approximate surface area is 121 Å². The predicted molar refractivity (Wildman–Crippen MR) is 75.1 cm³/mol. The van der Waals surface area contributed by atoms with E-state index in [-0.39, 0.29) is 24.8 Å². The highest BCUT2D eigenvalue weighted by atomic mass is 16.3. The van der Waals surface area contributed by atoms with Crippen molar-refractivity contribution in [2.45, 2.75) is 20.1 Å². The van der Waals surface area contributed by atoms with Gasteiger partial charge >= 0.3 is 0 Å². The van der Waals surface area contributed by atoms with E-state index in [9.17, 15) is 15.0 Å². The zero-order valence-corrected chi connectivity index (χ0v) is 11.5. The van der Waals surface area contributed by atoms with Gasteiger partial charge in [-0.25, -0.2) is 5.43 Å². The number of aromatic nitrogens is 2. The summed E-state index contributed by atoms with van der Waals surface area (Å²) in [6, 6.07) is 3.18.